The molecule has 0 amide bonds. The van der Waals surface area contributed by atoms with Crippen LogP contribution in [0.3, 0.4) is 0 Å². The summed E-state index contributed by atoms with van der Waals surface area (Å²) in [5.41, 5.74) is 8.41. The van der Waals surface area contributed by atoms with Gasteiger partial charge in [0.25, 0.3) is 0 Å². The van der Waals surface area contributed by atoms with Crippen molar-refractivity contribution in [2.45, 2.75) is 30.6 Å². The van der Waals surface area contributed by atoms with Crippen molar-refractivity contribution in [1.82, 2.24) is 0 Å². The molecule has 0 spiro atoms. The van der Waals surface area contributed by atoms with Crippen LogP contribution < -0.4 is 5.73 Å². The fourth-order valence-corrected chi connectivity index (χ4v) is 2.90. The van der Waals surface area contributed by atoms with Gasteiger partial charge in [-0.1, -0.05) is 11.2 Å². The zero-order valence-corrected chi connectivity index (χ0v) is 9.96. The summed E-state index contributed by atoms with van der Waals surface area (Å²) >= 11 is 1.76. The predicted octanol–water partition coefficient (Wildman–Crippen LogP) is 2.40. The number of benzene rings is 1. The van der Waals surface area contributed by atoms with Crippen LogP contribution in [-0.4, -0.2) is 16.8 Å². The monoisotopic (exact) mass is 236 g/mol. The molecule has 1 aliphatic carbocycles. The summed E-state index contributed by atoms with van der Waals surface area (Å²) in [5.74, 6) is 1.16. The van der Waals surface area contributed by atoms with Crippen molar-refractivity contribution in [3.8, 4) is 0 Å². The molecule has 3 nitrogen and oxygen atoms in total. The maximum absolute atomic E-state index is 8.41. The first-order valence-corrected chi connectivity index (χ1v) is 6.49. The lowest BCUT2D eigenvalue weighted by Crippen LogP contribution is -2.11. The fraction of sp³-hybridized carbons (Fsp3) is 0.417. The Labute approximate surface area is 99.7 Å². The van der Waals surface area contributed by atoms with E-state index in [0.717, 1.165) is 5.75 Å². The Hall–Kier alpha value is -1.16. The molecule has 0 bridgehead atoms. The van der Waals surface area contributed by atoms with E-state index >= 15 is 0 Å². The van der Waals surface area contributed by atoms with Crippen molar-refractivity contribution in [3.05, 3.63) is 29.3 Å². The normalized spacial score (nSPS) is 15.1. The first-order chi connectivity index (χ1) is 7.79. The highest BCUT2D eigenvalue weighted by Crippen LogP contribution is 2.27. The van der Waals surface area contributed by atoms with Crippen molar-refractivity contribution in [1.29, 1.82) is 0 Å². The minimum atomic E-state index is 0.300. The lowest BCUT2D eigenvalue weighted by molar-refractivity contribution is 0.317. The summed E-state index contributed by atoms with van der Waals surface area (Å²) in [6, 6.07) is 6.68. The molecule has 0 heterocycles. The van der Waals surface area contributed by atoms with Crippen molar-refractivity contribution >= 4 is 17.6 Å². The molecular weight excluding hydrogens is 220 g/mol. The molecule has 2 rings (SSSR count). The van der Waals surface area contributed by atoms with E-state index in [1.165, 1.54) is 35.3 Å². The molecule has 1 aromatic carbocycles. The molecule has 0 atom stereocenters. The first kappa shape index (κ1) is 11.3. The second-order valence-corrected chi connectivity index (χ2v) is 5.14. The second kappa shape index (κ2) is 5.25. The molecule has 0 aliphatic heterocycles. The van der Waals surface area contributed by atoms with E-state index < -0.39 is 0 Å². The Morgan fingerprint density at radius 1 is 1.38 bits per heavy atom. The van der Waals surface area contributed by atoms with E-state index in [4.69, 9.17) is 10.9 Å². The molecule has 1 aromatic rings. The fourth-order valence-electron chi connectivity index (χ4n) is 1.96. The number of aryl methyl sites for hydroxylation is 2. The van der Waals surface area contributed by atoms with Gasteiger partial charge in [0, 0.05) is 17.1 Å². The number of oxime groups is 1. The van der Waals surface area contributed by atoms with Crippen LogP contribution in [-0.2, 0) is 12.8 Å². The first-order valence-electron chi connectivity index (χ1n) is 5.50. The molecule has 0 aromatic heterocycles. The number of nitrogens with zero attached hydrogens (tertiary/aromatic N) is 1. The largest absolute Gasteiger partial charge is 0.409 e. The van der Waals surface area contributed by atoms with Crippen LogP contribution in [0, 0.1) is 0 Å². The van der Waals surface area contributed by atoms with E-state index in [-0.39, 0.29) is 0 Å². The standard InChI is InChI=1S/C12H16N2OS/c13-12(14-15)6-7-16-11-5-4-9-2-1-3-10(9)8-11/h4-5,8,15H,1-3,6-7H2,(H2,13,14). The Morgan fingerprint density at radius 3 is 3.00 bits per heavy atom. The van der Waals surface area contributed by atoms with Crippen LogP contribution in [0.15, 0.2) is 28.3 Å². The van der Waals surface area contributed by atoms with Gasteiger partial charge >= 0.3 is 0 Å². The van der Waals surface area contributed by atoms with Gasteiger partial charge < -0.3 is 10.9 Å². The number of amidine groups is 1. The summed E-state index contributed by atoms with van der Waals surface area (Å²) < 4.78 is 0. The van der Waals surface area contributed by atoms with Crippen molar-refractivity contribution in [2.24, 2.45) is 10.9 Å². The van der Waals surface area contributed by atoms with Gasteiger partial charge in [-0.3, -0.25) is 0 Å². The summed E-state index contributed by atoms with van der Waals surface area (Å²) in [5, 5.41) is 11.4. The van der Waals surface area contributed by atoms with Gasteiger partial charge in [-0.05, 0) is 42.5 Å². The molecular formula is C12H16N2OS. The number of thioether (sulfide) groups is 1. The molecule has 4 heteroatoms. The summed E-state index contributed by atoms with van der Waals surface area (Å²) in [7, 11) is 0. The summed E-state index contributed by atoms with van der Waals surface area (Å²) in [6.07, 6.45) is 4.35. The highest BCUT2D eigenvalue weighted by molar-refractivity contribution is 7.99. The smallest absolute Gasteiger partial charge is 0.139 e. The molecule has 0 unspecified atom stereocenters. The average Bonchev–Trinajstić information content (AvgIpc) is 2.76. The number of fused-ring (bicyclic) bond motifs is 1. The second-order valence-electron chi connectivity index (χ2n) is 3.97. The molecule has 0 fully saturated rings. The van der Waals surface area contributed by atoms with Crippen molar-refractivity contribution in [2.75, 3.05) is 5.75 Å². The molecule has 1 aliphatic rings. The maximum Gasteiger partial charge on any atom is 0.139 e. The van der Waals surface area contributed by atoms with Crippen LogP contribution >= 0.6 is 11.8 Å². The van der Waals surface area contributed by atoms with Gasteiger partial charge in [0.2, 0.25) is 0 Å². The quantitative estimate of drug-likeness (QED) is 0.277. The van der Waals surface area contributed by atoms with Gasteiger partial charge in [0.1, 0.15) is 5.84 Å². The number of hydrogen-bond acceptors (Lipinski definition) is 3. The Balaban J connectivity index is 1.90. The van der Waals surface area contributed by atoms with Crippen LogP contribution in [0.25, 0.3) is 0 Å². The third-order valence-corrected chi connectivity index (χ3v) is 3.82. The Bertz CT molecular complexity index is 404. The van der Waals surface area contributed by atoms with E-state index in [9.17, 15) is 0 Å². The van der Waals surface area contributed by atoms with Crippen molar-refractivity contribution < 1.29 is 5.21 Å². The lowest BCUT2D eigenvalue weighted by atomic mass is 10.1. The van der Waals surface area contributed by atoms with Gasteiger partial charge in [-0.25, -0.2) is 0 Å². The highest BCUT2D eigenvalue weighted by atomic mass is 32.2. The highest BCUT2D eigenvalue weighted by Gasteiger charge is 2.10. The SMILES string of the molecule is N/C(CCSc1ccc2c(c1)CCC2)=N\O. The summed E-state index contributed by atoms with van der Waals surface area (Å²) in [4.78, 5) is 1.28. The minimum Gasteiger partial charge on any atom is -0.409 e. The number of hydrogen-bond donors (Lipinski definition) is 2. The molecule has 16 heavy (non-hydrogen) atoms. The van der Waals surface area contributed by atoms with Crippen molar-refractivity contribution in [3.63, 3.8) is 0 Å². The van der Waals surface area contributed by atoms with Gasteiger partial charge in [-0.2, -0.15) is 0 Å². The molecule has 0 radical (unpaired) electrons. The Kier molecular flexibility index (Phi) is 3.72. The van der Waals surface area contributed by atoms with Gasteiger partial charge in [0.05, 0.1) is 0 Å². The van der Waals surface area contributed by atoms with E-state index in [0.29, 0.717) is 12.3 Å². The van der Waals surface area contributed by atoms with Gasteiger partial charge in [0.15, 0.2) is 0 Å². The molecule has 3 N–H and O–H groups in total. The molecule has 0 saturated heterocycles. The lowest BCUT2D eigenvalue weighted by Gasteiger charge is -2.04. The van der Waals surface area contributed by atoms with E-state index in [2.05, 4.69) is 23.4 Å². The van der Waals surface area contributed by atoms with Crippen LogP contribution in [0.4, 0.5) is 0 Å². The maximum atomic E-state index is 8.41. The van der Waals surface area contributed by atoms with Gasteiger partial charge in [-0.15, -0.1) is 11.8 Å². The third-order valence-electron chi connectivity index (χ3n) is 2.83. The van der Waals surface area contributed by atoms with E-state index in [1.54, 1.807) is 11.8 Å². The Morgan fingerprint density at radius 2 is 2.19 bits per heavy atom. The van der Waals surface area contributed by atoms with E-state index in [1.807, 2.05) is 0 Å². The van der Waals surface area contributed by atoms with Crippen LogP contribution in [0.1, 0.15) is 24.0 Å². The number of rotatable bonds is 4. The third kappa shape index (κ3) is 2.70. The molecule has 0 saturated carbocycles. The minimum absolute atomic E-state index is 0.300. The topological polar surface area (TPSA) is 58.6 Å². The van der Waals surface area contributed by atoms with Crippen LogP contribution in [0.5, 0.6) is 0 Å². The number of nitrogens with two attached hydrogens (primary N) is 1. The zero-order valence-electron chi connectivity index (χ0n) is 9.15. The predicted molar refractivity (Wildman–Crippen MR) is 67.2 cm³/mol. The average molecular weight is 236 g/mol. The summed E-state index contributed by atoms with van der Waals surface area (Å²) in [6.45, 7) is 0. The zero-order chi connectivity index (χ0) is 11.4. The molecule has 86 valence electrons. The van der Waals surface area contributed by atoms with Crippen LogP contribution in [0.2, 0.25) is 0 Å².